The fourth-order valence-corrected chi connectivity index (χ4v) is 2.10. The number of carbonyl (C=O) groups excluding carboxylic acids is 1. The van der Waals surface area contributed by atoms with Gasteiger partial charge in [0.25, 0.3) is 0 Å². The first-order chi connectivity index (χ1) is 7.68. The normalized spacial score (nSPS) is 18.6. The average molecular weight is 255 g/mol. The maximum Gasteiger partial charge on any atom is 0.231 e. The lowest BCUT2D eigenvalue weighted by Gasteiger charge is -2.21. The van der Waals surface area contributed by atoms with E-state index in [1.165, 1.54) is 5.56 Å². The summed E-state index contributed by atoms with van der Waals surface area (Å²) in [6.07, 6.45) is 0.953. The summed E-state index contributed by atoms with van der Waals surface area (Å²) in [5, 5.41) is 3.22. The van der Waals surface area contributed by atoms with Gasteiger partial charge in [-0.2, -0.15) is 0 Å². The molecule has 1 heterocycles. The monoisotopic (exact) mass is 254 g/mol. The van der Waals surface area contributed by atoms with Crippen LogP contribution in [-0.2, 0) is 4.79 Å². The Labute approximate surface area is 109 Å². The minimum atomic E-state index is 0. The van der Waals surface area contributed by atoms with E-state index in [9.17, 15) is 4.79 Å². The van der Waals surface area contributed by atoms with E-state index >= 15 is 0 Å². The zero-order valence-electron chi connectivity index (χ0n) is 10.3. The highest BCUT2D eigenvalue weighted by Crippen LogP contribution is 2.19. The topological polar surface area (TPSA) is 32.3 Å². The predicted octanol–water partition coefficient (Wildman–Crippen LogP) is 1.99. The molecule has 0 saturated carbocycles. The van der Waals surface area contributed by atoms with Gasteiger partial charge in [0.05, 0.1) is 5.92 Å². The number of benzene rings is 1. The average Bonchev–Trinajstić information content (AvgIpc) is 2.80. The molecule has 1 unspecified atom stereocenters. The van der Waals surface area contributed by atoms with Crippen molar-refractivity contribution < 1.29 is 4.79 Å². The van der Waals surface area contributed by atoms with Crippen molar-refractivity contribution in [3.63, 3.8) is 0 Å². The van der Waals surface area contributed by atoms with Crippen LogP contribution in [0.25, 0.3) is 0 Å². The third-order valence-corrected chi connectivity index (χ3v) is 3.13. The van der Waals surface area contributed by atoms with Crippen LogP contribution in [0.2, 0.25) is 0 Å². The van der Waals surface area contributed by atoms with Crippen molar-refractivity contribution in [1.82, 2.24) is 5.32 Å². The van der Waals surface area contributed by atoms with Crippen LogP contribution < -0.4 is 10.2 Å². The maximum atomic E-state index is 12.1. The van der Waals surface area contributed by atoms with Crippen LogP contribution in [0.5, 0.6) is 0 Å². The fourth-order valence-electron chi connectivity index (χ4n) is 2.10. The molecule has 1 N–H and O–H groups in total. The zero-order chi connectivity index (χ0) is 11.5. The van der Waals surface area contributed by atoms with Crippen LogP contribution in [0, 0.1) is 12.8 Å². The van der Waals surface area contributed by atoms with Crippen molar-refractivity contribution in [2.75, 3.05) is 25.0 Å². The fraction of sp³-hybridized carbons (Fsp3) is 0.462. The Kier molecular flexibility index (Phi) is 4.97. The van der Waals surface area contributed by atoms with Crippen molar-refractivity contribution in [1.29, 1.82) is 0 Å². The largest absolute Gasteiger partial charge is 0.316 e. The quantitative estimate of drug-likeness (QED) is 0.876. The lowest BCUT2D eigenvalue weighted by Crippen LogP contribution is -2.33. The number of hydrogen-bond acceptors (Lipinski definition) is 2. The molecule has 1 aromatic carbocycles. The van der Waals surface area contributed by atoms with Gasteiger partial charge in [0.2, 0.25) is 5.91 Å². The van der Waals surface area contributed by atoms with Gasteiger partial charge in [-0.05, 0) is 37.6 Å². The second-order valence-electron chi connectivity index (χ2n) is 4.43. The van der Waals surface area contributed by atoms with Gasteiger partial charge in [-0.1, -0.05) is 12.1 Å². The Hall–Kier alpha value is -1.06. The molecule has 1 atom stereocenters. The second kappa shape index (κ2) is 6.03. The molecule has 0 radical (unpaired) electrons. The molecule has 0 aliphatic carbocycles. The number of amides is 1. The van der Waals surface area contributed by atoms with Gasteiger partial charge >= 0.3 is 0 Å². The molecule has 1 fully saturated rings. The molecular formula is C13H19ClN2O. The van der Waals surface area contributed by atoms with Crippen molar-refractivity contribution in [3.05, 3.63) is 29.8 Å². The van der Waals surface area contributed by atoms with Gasteiger partial charge in [0, 0.05) is 19.3 Å². The Bertz CT molecular complexity index is 389. The molecule has 0 bridgehead atoms. The van der Waals surface area contributed by atoms with Crippen LogP contribution in [-0.4, -0.2) is 26.0 Å². The standard InChI is InChI=1S/C13H18N2O.ClH/c1-10-4-3-5-12(8-10)15(2)13(16)11-6-7-14-9-11;/h3-5,8,11,14H,6-7,9H2,1-2H3;1H. The minimum Gasteiger partial charge on any atom is -0.316 e. The van der Waals surface area contributed by atoms with Crippen molar-refractivity contribution in [2.45, 2.75) is 13.3 Å². The molecule has 1 aromatic rings. The number of rotatable bonds is 2. The Balaban J connectivity index is 0.00000144. The number of nitrogens with one attached hydrogen (secondary N) is 1. The Morgan fingerprint density at radius 1 is 1.47 bits per heavy atom. The molecule has 0 spiro atoms. The summed E-state index contributed by atoms with van der Waals surface area (Å²) in [6.45, 7) is 3.81. The second-order valence-corrected chi connectivity index (χ2v) is 4.43. The van der Waals surface area contributed by atoms with E-state index < -0.39 is 0 Å². The predicted molar refractivity (Wildman–Crippen MR) is 72.8 cm³/mol. The van der Waals surface area contributed by atoms with Crippen molar-refractivity contribution in [3.8, 4) is 0 Å². The highest BCUT2D eigenvalue weighted by atomic mass is 35.5. The summed E-state index contributed by atoms with van der Waals surface area (Å²) < 4.78 is 0. The van der Waals surface area contributed by atoms with E-state index in [0.717, 1.165) is 25.2 Å². The highest BCUT2D eigenvalue weighted by molar-refractivity contribution is 5.94. The summed E-state index contributed by atoms with van der Waals surface area (Å²) in [4.78, 5) is 13.9. The molecule has 1 saturated heterocycles. The first kappa shape index (κ1) is 14.0. The number of halogens is 1. The highest BCUT2D eigenvalue weighted by Gasteiger charge is 2.25. The van der Waals surface area contributed by atoms with Gasteiger partial charge < -0.3 is 10.2 Å². The van der Waals surface area contributed by atoms with Gasteiger partial charge in [0.15, 0.2) is 0 Å². The molecule has 4 heteroatoms. The number of nitrogens with zero attached hydrogens (tertiary/aromatic N) is 1. The molecule has 1 aliphatic heterocycles. The van der Waals surface area contributed by atoms with Gasteiger partial charge in [-0.25, -0.2) is 0 Å². The first-order valence-corrected chi connectivity index (χ1v) is 5.73. The van der Waals surface area contributed by atoms with E-state index in [1.807, 2.05) is 38.2 Å². The van der Waals surface area contributed by atoms with Crippen LogP contribution in [0.3, 0.4) is 0 Å². The Morgan fingerprint density at radius 2 is 2.24 bits per heavy atom. The lowest BCUT2D eigenvalue weighted by atomic mass is 10.1. The molecule has 17 heavy (non-hydrogen) atoms. The van der Waals surface area contributed by atoms with Gasteiger partial charge in [-0.3, -0.25) is 4.79 Å². The summed E-state index contributed by atoms with van der Waals surface area (Å²) in [6, 6.07) is 8.05. The van der Waals surface area contributed by atoms with E-state index in [4.69, 9.17) is 0 Å². The summed E-state index contributed by atoms with van der Waals surface area (Å²) in [5.41, 5.74) is 2.17. The molecule has 94 valence electrons. The van der Waals surface area contributed by atoms with E-state index in [0.29, 0.717) is 0 Å². The van der Waals surface area contributed by atoms with Crippen LogP contribution in [0.4, 0.5) is 5.69 Å². The molecule has 1 aliphatic rings. The molecular weight excluding hydrogens is 236 g/mol. The number of anilines is 1. The van der Waals surface area contributed by atoms with Crippen LogP contribution in [0.15, 0.2) is 24.3 Å². The number of carbonyl (C=O) groups is 1. The van der Waals surface area contributed by atoms with E-state index in [-0.39, 0.29) is 24.2 Å². The molecule has 1 amide bonds. The zero-order valence-corrected chi connectivity index (χ0v) is 11.1. The lowest BCUT2D eigenvalue weighted by molar-refractivity contribution is -0.121. The summed E-state index contributed by atoms with van der Waals surface area (Å²) >= 11 is 0. The van der Waals surface area contributed by atoms with Crippen molar-refractivity contribution >= 4 is 24.0 Å². The van der Waals surface area contributed by atoms with Crippen LogP contribution >= 0.6 is 12.4 Å². The molecule has 2 rings (SSSR count). The van der Waals surface area contributed by atoms with Crippen LogP contribution in [0.1, 0.15) is 12.0 Å². The maximum absolute atomic E-state index is 12.1. The third-order valence-electron chi connectivity index (χ3n) is 3.13. The Morgan fingerprint density at radius 3 is 2.82 bits per heavy atom. The smallest absolute Gasteiger partial charge is 0.231 e. The van der Waals surface area contributed by atoms with Gasteiger partial charge in [0.1, 0.15) is 0 Å². The first-order valence-electron chi connectivity index (χ1n) is 5.73. The van der Waals surface area contributed by atoms with Gasteiger partial charge in [-0.15, -0.1) is 12.4 Å². The number of aryl methyl sites for hydroxylation is 1. The van der Waals surface area contributed by atoms with Crippen molar-refractivity contribution in [2.24, 2.45) is 5.92 Å². The summed E-state index contributed by atoms with van der Waals surface area (Å²) in [7, 11) is 1.86. The molecule has 0 aromatic heterocycles. The SMILES string of the molecule is Cc1cccc(N(C)C(=O)C2CCNC2)c1.Cl. The molecule has 3 nitrogen and oxygen atoms in total. The summed E-state index contributed by atoms with van der Waals surface area (Å²) in [5.74, 6) is 0.362. The van der Waals surface area contributed by atoms with E-state index in [2.05, 4.69) is 5.32 Å². The number of hydrogen-bond donors (Lipinski definition) is 1. The third kappa shape index (κ3) is 3.20. The van der Waals surface area contributed by atoms with E-state index in [1.54, 1.807) is 4.90 Å². The minimum absolute atomic E-state index is 0.